The number of hydrogen-bond acceptors (Lipinski definition) is 4. The summed E-state index contributed by atoms with van der Waals surface area (Å²) in [5.41, 5.74) is 6.34. The van der Waals surface area contributed by atoms with Gasteiger partial charge in [-0.25, -0.2) is 9.97 Å². The number of nitrogens with zero attached hydrogens (tertiary/aromatic N) is 3. The fourth-order valence-corrected chi connectivity index (χ4v) is 9.49. The minimum absolute atomic E-state index is 0.265. The van der Waals surface area contributed by atoms with Crippen LogP contribution in [0.1, 0.15) is 0 Å². The van der Waals surface area contributed by atoms with Crippen molar-refractivity contribution in [2.45, 2.75) is 0 Å². The summed E-state index contributed by atoms with van der Waals surface area (Å²) in [6.07, 6.45) is 0. The van der Waals surface area contributed by atoms with Crippen LogP contribution < -0.4 is 0 Å². The normalized spacial score (nSPS) is 12.2. The van der Waals surface area contributed by atoms with Crippen molar-refractivity contribution in [3.05, 3.63) is 127 Å². The third-order valence-electron chi connectivity index (χ3n) is 8.74. The lowest BCUT2D eigenvalue weighted by molar-refractivity contribution is 1.18. The van der Waals surface area contributed by atoms with E-state index < -0.39 is 0 Å². The van der Waals surface area contributed by atoms with Crippen molar-refractivity contribution in [2.75, 3.05) is 0 Å². The Morgan fingerprint density at radius 1 is 0.523 bits per heavy atom. The lowest BCUT2D eigenvalue weighted by Crippen LogP contribution is -1.95. The van der Waals surface area contributed by atoms with Gasteiger partial charge in [0, 0.05) is 63.1 Å². The first-order valence-electron chi connectivity index (χ1n) is 14.5. The summed E-state index contributed by atoms with van der Waals surface area (Å²) in [7, 11) is 0. The van der Waals surface area contributed by atoms with Crippen LogP contribution in [0.15, 0.2) is 121 Å². The minimum atomic E-state index is 0.265. The molecule has 4 heterocycles. The van der Waals surface area contributed by atoms with Crippen LogP contribution in [0.4, 0.5) is 0 Å². The van der Waals surface area contributed by atoms with E-state index in [1.165, 1.54) is 57.5 Å². The van der Waals surface area contributed by atoms with Gasteiger partial charge in [-0.1, -0.05) is 91.0 Å². The van der Waals surface area contributed by atoms with Crippen LogP contribution in [0.25, 0.3) is 90.0 Å². The van der Waals surface area contributed by atoms with Crippen LogP contribution in [-0.2, 0) is 0 Å². The minimum Gasteiger partial charge on any atom is -0.309 e. The molecule has 0 fully saturated rings. The van der Waals surface area contributed by atoms with Crippen LogP contribution in [0.5, 0.6) is 0 Å². The highest BCUT2D eigenvalue weighted by atomic mass is 35.5. The zero-order valence-corrected chi connectivity index (χ0v) is 25.5. The number of para-hydroxylation sites is 1. The summed E-state index contributed by atoms with van der Waals surface area (Å²) in [5.74, 6) is 0. The highest BCUT2D eigenvalue weighted by molar-refractivity contribution is 7.27. The summed E-state index contributed by atoms with van der Waals surface area (Å²) >= 11 is 10.1. The molecule has 0 aliphatic heterocycles. The Labute approximate surface area is 264 Å². The SMILES string of the molecule is Clc1nc(-c2ccc(-n3c4ccccc4c4c5c6ccccc6sc5c5ccccc5c43)cc2)c2sc3ccccc3c2n1. The average Bonchev–Trinajstić information content (AvgIpc) is 3.75. The second kappa shape index (κ2) is 9.10. The highest BCUT2D eigenvalue weighted by Crippen LogP contribution is 2.48. The lowest BCUT2D eigenvalue weighted by atomic mass is 10.00. The van der Waals surface area contributed by atoms with Gasteiger partial charge in [0.15, 0.2) is 0 Å². The van der Waals surface area contributed by atoms with Crippen molar-refractivity contribution in [1.29, 1.82) is 0 Å². The second-order valence-corrected chi connectivity index (χ2v) is 13.5. The number of aromatic nitrogens is 3. The zero-order valence-electron chi connectivity index (χ0n) is 23.1. The van der Waals surface area contributed by atoms with Crippen LogP contribution in [0.2, 0.25) is 5.28 Å². The molecular weight excluding hydrogens is 598 g/mol. The van der Waals surface area contributed by atoms with Crippen LogP contribution in [-0.4, -0.2) is 14.5 Å². The van der Waals surface area contributed by atoms with Gasteiger partial charge in [0.25, 0.3) is 0 Å². The third-order valence-corrected chi connectivity index (χ3v) is 11.3. The molecule has 10 aromatic rings. The molecule has 3 nitrogen and oxygen atoms in total. The molecule has 0 radical (unpaired) electrons. The van der Waals surface area contributed by atoms with Crippen molar-refractivity contribution < 1.29 is 0 Å². The van der Waals surface area contributed by atoms with Gasteiger partial charge < -0.3 is 4.57 Å². The molecule has 6 aromatic carbocycles. The van der Waals surface area contributed by atoms with E-state index in [-0.39, 0.29) is 5.28 Å². The molecule has 4 aromatic heterocycles. The summed E-state index contributed by atoms with van der Waals surface area (Å²) in [6, 6.07) is 43.5. The first kappa shape index (κ1) is 24.6. The fraction of sp³-hybridized carbons (Fsp3) is 0. The van der Waals surface area contributed by atoms with Crippen LogP contribution in [0.3, 0.4) is 0 Å². The van der Waals surface area contributed by atoms with E-state index in [4.69, 9.17) is 16.6 Å². The van der Waals surface area contributed by atoms with Gasteiger partial charge in [0.05, 0.1) is 26.9 Å². The number of thiophene rings is 2. The summed E-state index contributed by atoms with van der Waals surface area (Å²) in [4.78, 5) is 9.33. The van der Waals surface area contributed by atoms with Crippen LogP contribution >= 0.6 is 34.3 Å². The van der Waals surface area contributed by atoms with Crippen molar-refractivity contribution in [2.24, 2.45) is 0 Å². The molecule has 0 spiro atoms. The lowest BCUT2D eigenvalue weighted by Gasteiger charge is -2.12. The van der Waals surface area contributed by atoms with E-state index in [0.717, 1.165) is 32.5 Å². The first-order valence-corrected chi connectivity index (χ1v) is 16.5. The molecule has 0 atom stereocenters. The van der Waals surface area contributed by atoms with Crippen molar-refractivity contribution in [1.82, 2.24) is 14.5 Å². The number of halogens is 1. The van der Waals surface area contributed by atoms with Crippen LogP contribution in [0, 0.1) is 0 Å². The van der Waals surface area contributed by atoms with Crippen molar-refractivity contribution in [3.63, 3.8) is 0 Å². The molecule has 0 aliphatic carbocycles. The van der Waals surface area contributed by atoms with Gasteiger partial charge in [0.2, 0.25) is 5.28 Å². The van der Waals surface area contributed by atoms with Gasteiger partial charge in [-0.2, -0.15) is 0 Å². The maximum absolute atomic E-state index is 6.49. The molecule has 0 bridgehead atoms. The summed E-state index contributed by atoms with van der Waals surface area (Å²) in [6.45, 7) is 0. The molecule has 0 saturated carbocycles. The van der Waals surface area contributed by atoms with Crippen molar-refractivity contribution >= 4 is 107 Å². The Hall–Kier alpha value is -4.81. The zero-order chi connectivity index (χ0) is 28.9. The standard InChI is InChI=1S/C38H20ClN3S2/c39-38-40-33(37-34(41-38)27-13-5-8-16-30(27)44-37)21-17-19-22(20-18-21)42-28-14-6-3-11-25(28)31-32-26-12-4-7-15-29(26)43-36(32)24-10-2-1-9-23(24)35(31)42/h1-20H. The second-order valence-electron chi connectivity index (χ2n) is 11.1. The quantitative estimate of drug-likeness (QED) is 0.181. The van der Waals surface area contributed by atoms with E-state index >= 15 is 0 Å². The monoisotopic (exact) mass is 617 g/mol. The van der Waals surface area contributed by atoms with E-state index in [1.54, 1.807) is 11.3 Å². The predicted molar refractivity (Wildman–Crippen MR) is 190 cm³/mol. The van der Waals surface area contributed by atoms with E-state index in [9.17, 15) is 0 Å². The Kier molecular flexibility index (Phi) is 5.09. The predicted octanol–water partition coefficient (Wildman–Crippen LogP) is 11.8. The van der Waals surface area contributed by atoms with Gasteiger partial charge in [-0.15, -0.1) is 22.7 Å². The van der Waals surface area contributed by atoms with E-state index in [0.29, 0.717) is 0 Å². The first-order chi connectivity index (χ1) is 21.7. The topological polar surface area (TPSA) is 30.7 Å². The number of fused-ring (bicyclic) bond motifs is 13. The van der Waals surface area contributed by atoms with Gasteiger partial charge in [0.1, 0.15) is 0 Å². The smallest absolute Gasteiger partial charge is 0.223 e. The Bertz CT molecular complexity index is 2790. The molecule has 0 N–H and O–H groups in total. The largest absolute Gasteiger partial charge is 0.309 e. The number of benzene rings is 6. The number of rotatable bonds is 2. The molecule has 44 heavy (non-hydrogen) atoms. The van der Waals surface area contributed by atoms with Gasteiger partial charge in [-0.05, 0) is 41.9 Å². The number of hydrogen-bond donors (Lipinski definition) is 0. The molecule has 10 rings (SSSR count). The van der Waals surface area contributed by atoms with Crippen molar-refractivity contribution in [3.8, 4) is 16.9 Å². The summed E-state index contributed by atoms with van der Waals surface area (Å²) < 4.78 is 7.34. The fourth-order valence-electron chi connectivity index (χ4n) is 6.91. The molecule has 6 heteroatoms. The molecular formula is C38H20ClN3S2. The van der Waals surface area contributed by atoms with Gasteiger partial charge >= 0.3 is 0 Å². The Morgan fingerprint density at radius 2 is 1.14 bits per heavy atom. The summed E-state index contributed by atoms with van der Waals surface area (Å²) in [5, 5.41) is 9.16. The molecule has 0 aliphatic rings. The third kappa shape index (κ3) is 3.32. The molecule has 0 unspecified atom stereocenters. The van der Waals surface area contributed by atoms with E-state index in [1.807, 2.05) is 17.4 Å². The Morgan fingerprint density at radius 3 is 1.93 bits per heavy atom. The van der Waals surface area contributed by atoms with E-state index in [2.05, 4.69) is 125 Å². The average molecular weight is 618 g/mol. The molecule has 0 amide bonds. The highest BCUT2D eigenvalue weighted by Gasteiger charge is 2.22. The maximum Gasteiger partial charge on any atom is 0.223 e. The maximum atomic E-state index is 6.49. The molecule has 206 valence electrons. The van der Waals surface area contributed by atoms with Gasteiger partial charge in [-0.3, -0.25) is 0 Å². The molecule has 0 saturated heterocycles. The Balaban J connectivity index is 1.28.